The number of benzene rings is 1. The van der Waals surface area contributed by atoms with Crippen LogP contribution >= 0.6 is 11.8 Å². The molecule has 0 atom stereocenters. The molecule has 1 N–H and O–H groups in total. The molecule has 2 nitrogen and oxygen atoms in total. The third-order valence-electron chi connectivity index (χ3n) is 3.76. The molecule has 0 saturated carbocycles. The summed E-state index contributed by atoms with van der Waals surface area (Å²) in [4.78, 5) is 3.77. The maximum absolute atomic E-state index is 3.60. The quantitative estimate of drug-likeness (QED) is 0.823. The van der Waals surface area contributed by atoms with Gasteiger partial charge in [-0.3, -0.25) is 0 Å². The van der Waals surface area contributed by atoms with E-state index in [9.17, 15) is 0 Å². The van der Waals surface area contributed by atoms with Gasteiger partial charge < -0.3 is 10.2 Å². The summed E-state index contributed by atoms with van der Waals surface area (Å²) in [5, 5.41) is 3.60. The molecule has 0 amide bonds. The Kier molecular flexibility index (Phi) is 5.54. The molecule has 18 heavy (non-hydrogen) atoms. The fourth-order valence-corrected chi connectivity index (χ4v) is 2.84. The lowest BCUT2D eigenvalue weighted by Crippen LogP contribution is -2.34. The third kappa shape index (κ3) is 4.30. The molecular formula is C15H24N2S. The number of likely N-dealkylation sites (tertiary alicyclic amines) is 1. The number of hydrogen-bond acceptors (Lipinski definition) is 3. The highest BCUT2D eigenvalue weighted by atomic mass is 32.2. The van der Waals surface area contributed by atoms with E-state index in [1.165, 1.54) is 36.4 Å². The smallest absolute Gasteiger partial charge is 0.0205 e. The van der Waals surface area contributed by atoms with Crippen molar-refractivity contribution in [2.45, 2.75) is 24.3 Å². The second kappa shape index (κ2) is 7.17. The van der Waals surface area contributed by atoms with E-state index in [-0.39, 0.29) is 0 Å². The van der Waals surface area contributed by atoms with Crippen LogP contribution in [0.1, 0.15) is 18.4 Å². The Morgan fingerprint density at radius 3 is 2.50 bits per heavy atom. The van der Waals surface area contributed by atoms with E-state index in [0.29, 0.717) is 0 Å². The van der Waals surface area contributed by atoms with Crippen LogP contribution in [0.3, 0.4) is 0 Å². The van der Waals surface area contributed by atoms with E-state index in [4.69, 9.17) is 0 Å². The third-order valence-corrected chi connectivity index (χ3v) is 4.50. The van der Waals surface area contributed by atoms with E-state index in [1.54, 1.807) is 11.8 Å². The van der Waals surface area contributed by atoms with Crippen molar-refractivity contribution in [1.82, 2.24) is 10.2 Å². The summed E-state index contributed by atoms with van der Waals surface area (Å²) in [5.74, 6) is 0.867. The van der Waals surface area contributed by atoms with Gasteiger partial charge >= 0.3 is 0 Å². The van der Waals surface area contributed by atoms with Crippen molar-refractivity contribution in [2.75, 3.05) is 32.9 Å². The molecular weight excluding hydrogens is 240 g/mol. The summed E-state index contributed by atoms with van der Waals surface area (Å²) in [5.41, 5.74) is 1.39. The van der Waals surface area contributed by atoms with Crippen molar-refractivity contribution >= 4 is 11.8 Å². The van der Waals surface area contributed by atoms with E-state index in [0.717, 1.165) is 19.0 Å². The van der Waals surface area contributed by atoms with Gasteiger partial charge in [0.2, 0.25) is 0 Å². The highest BCUT2D eigenvalue weighted by Crippen LogP contribution is 2.16. The molecule has 1 aromatic carbocycles. The summed E-state index contributed by atoms with van der Waals surface area (Å²) < 4.78 is 0. The molecule has 100 valence electrons. The topological polar surface area (TPSA) is 15.3 Å². The van der Waals surface area contributed by atoms with Crippen molar-refractivity contribution in [3.63, 3.8) is 0 Å². The number of hydrogen-bond donors (Lipinski definition) is 1. The second-order valence-electron chi connectivity index (χ2n) is 5.23. The van der Waals surface area contributed by atoms with E-state index in [1.807, 2.05) is 0 Å². The first-order chi connectivity index (χ1) is 8.78. The molecule has 2 rings (SSSR count). The molecule has 0 aromatic heterocycles. The lowest BCUT2D eigenvalue weighted by Gasteiger charge is -2.29. The van der Waals surface area contributed by atoms with Crippen LogP contribution in [-0.2, 0) is 6.54 Å². The number of piperidine rings is 1. The Morgan fingerprint density at radius 2 is 1.89 bits per heavy atom. The molecule has 1 aliphatic heterocycles. The molecule has 1 heterocycles. The Hall–Kier alpha value is -0.510. The average Bonchev–Trinajstić information content (AvgIpc) is 2.42. The van der Waals surface area contributed by atoms with Crippen molar-refractivity contribution in [2.24, 2.45) is 5.92 Å². The molecule has 0 aliphatic carbocycles. The van der Waals surface area contributed by atoms with Crippen molar-refractivity contribution in [3.8, 4) is 0 Å². The fourth-order valence-electron chi connectivity index (χ4n) is 2.43. The summed E-state index contributed by atoms with van der Waals surface area (Å²) in [6, 6.07) is 8.87. The number of rotatable bonds is 5. The highest BCUT2D eigenvalue weighted by molar-refractivity contribution is 7.98. The van der Waals surface area contributed by atoms with Crippen LogP contribution in [0.15, 0.2) is 29.2 Å². The van der Waals surface area contributed by atoms with Crippen molar-refractivity contribution in [3.05, 3.63) is 29.8 Å². The zero-order valence-corrected chi connectivity index (χ0v) is 12.3. The minimum Gasteiger partial charge on any atom is -0.312 e. The second-order valence-corrected chi connectivity index (χ2v) is 6.11. The average molecular weight is 264 g/mol. The Bertz CT molecular complexity index is 342. The molecule has 3 heteroatoms. The number of thioether (sulfide) groups is 1. The monoisotopic (exact) mass is 264 g/mol. The lowest BCUT2D eigenvalue weighted by atomic mass is 9.97. The van der Waals surface area contributed by atoms with Gasteiger partial charge in [-0.05, 0) is 69.4 Å². The number of nitrogens with zero attached hydrogens (tertiary/aromatic N) is 1. The molecule has 0 bridgehead atoms. The first-order valence-corrected chi connectivity index (χ1v) is 8.02. The predicted octanol–water partition coefficient (Wildman–Crippen LogP) is 2.84. The summed E-state index contributed by atoms with van der Waals surface area (Å²) >= 11 is 1.80. The van der Waals surface area contributed by atoms with Crippen LogP contribution in [0.4, 0.5) is 0 Å². The van der Waals surface area contributed by atoms with E-state index < -0.39 is 0 Å². The first kappa shape index (κ1) is 13.9. The molecule has 1 aromatic rings. The maximum Gasteiger partial charge on any atom is 0.0205 e. The standard InChI is InChI=1S/C15H24N2S/c1-17-9-7-14(8-10-17)12-16-11-13-3-5-15(18-2)6-4-13/h3-6,14,16H,7-12H2,1-2H3. The Balaban J connectivity index is 1.68. The molecule has 0 radical (unpaired) electrons. The molecule has 1 saturated heterocycles. The normalized spacial score (nSPS) is 18.1. The van der Waals surface area contributed by atoms with Gasteiger partial charge in [0.05, 0.1) is 0 Å². The van der Waals surface area contributed by atoms with Gasteiger partial charge in [0, 0.05) is 11.4 Å². The van der Waals surface area contributed by atoms with Crippen molar-refractivity contribution < 1.29 is 0 Å². The van der Waals surface area contributed by atoms with Crippen LogP contribution in [0.25, 0.3) is 0 Å². The van der Waals surface area contributed by atoms with Gasteiger partial charge in [0.1, 0.15) is 0 Å². The highest BCUT2D eigenvalue weighted by Gasteiger charge is 2.15. The SMILES string of the molecule is CSc1ccc(CNCC2CCN(C)CC2)cc1. The summed E-state index contributed by atoms with van der Waals surface area (Å²) in [6.45, 7) is 4.68. The zero-order chi connectivity index (χ0) is 12.8. The fraction of sp³-hybridized carbons (Fsp3) is 0.600. The molecule has 1 aliphatic rings. The summed E-state index contributed by atoms with van der Waals surface area (Å²) in [7, 11) is 2.22. The Labute approximate surface area is 115 Å². The van der Waals surface area contributed by atoms with Gasteiger partial charge in [-0.2, -0.15) is 0 Å². The van der Waals surface area contributed by atoms with E-state index >= 15 is 0 Å². The molecule has 0 spiro atoms. The van der Waals surface area contributed by atoms with Gasteiger partial charge in [-0.1, -0.05) is 12.1 Å². The van der Waals surface area contributed by atoms with E-state index in [2.05, 4.69) is 47.8 Å². The minimum atomic E-state index is 0.867. The van der Waals surface area contributed by atoms with Gasteiger partial charge in [-0.15, -0.1) is 11.8 Å². The Morgan fingerprint density at radius 1 is 1.22 bits per heavy atom. The minimum absolute atomic E-state index is 0.867. The lowest BCUT2D eigenvalue weighted by molar-refractivity contribution is 0.216. The molecule has 1 fully saturated rings. The zero-order valence-electron chi connectivity index (χ0n) is 11.5. The van der Waals surface area contributed by atoms with Gasteiger partial charge in [0.25, 0.3) is 0 Å². The largest absolute Gasteiger partial charge is 0.312 e. The summed E-state index contributed by atoms with van der Waals surface area (Å²) in [6.07, 6.45) is 4.80. The van der Waals surface area contributed by atoms with Crippen LogP contribution in [0, 0.1) is 5.92 Å². The maximum atomic E-state index is 3.60. The first-order valence-electron chi connectivity index (χ1n) is 6.80. The van der Waals surface area contributed by atoms with Crippen molar-refractivity contribution in [1.29, 1.82) is 0 Å². The molecule has 0 unspecified atom stereocenters. The van der Waals surface area contributed by atoms with Gasteiger partial charge in [-0.25, -0.2) is 0 Å². The van der Waals surface area contributed by atoms with Crippen LogP contribution in [-0.4, -0.2) is 37.8 Å². The van der Waals surface area contributed by atoms with Crippen LogP contribution in [0.2, 0.25) is 0 Å². The predicted molar refractivity (Wildman–Crippen MR) is 80.2 cm³/mol. The van der Waals surface area contributed by atoms with Gasteiger partial charge in [0.15, 0.2) is 0 Å². The number of nitrogens with one attached hydrogen (secondary N) is 1. The van der Waals surface area contributed by atoms with Crippen LogP contribution in [0.5, 0.6) is 0 Å². The van der Waals surface area contributed by atoms with Crippen LogP contribution < -0.4 is 5.32 Å².